The SMILES string of the molecule is CCOC(=O)[C@]1(O)C(=O)O[C@@H](c2ccccc2OCc2ccccc2)C12CC2. The number of hydrogen-bond donors (Lipinski definition) is 1. The van der Waals surface area contributed by atoms with Crippen molar-refractivity contribution in [1.82, 2.24) is 0 Å². The molecule has 1 N–H and O–H groups in total. The van der Waals surface area contributed by atoms with Crippen LogP contribution in [0.15, 0.2) is 54.6 Å². The fourth-order valence-electron chi connectivity index (χ4n) is 3.90. The minimum absolute atomic E-state index is 0.0753. The largest absolute Gasteiger partial charge is 0.488 e. The quantitative estimate of drug-likeness (QED) is 0.611. The Morgan fingerprint density at radius 2 is 1.82 bits per heavy atom. The van der Waals surface area contributed by atoms with Crippen molar-refractivity contribution >= 4 is 11.9 Å². The average Bonchev–Trinajstić information content (AvgIpc) is 3.49. The minimum atomic E-state index is -2.28. The molecule has 0 bridgehead atoms. The summed E-state index contributed by atoms with van der Waals surface area (Å²) in [4.78, 5) is 24.9. The zero-order valence-electron chi connectivity index (χ0n) is 15.6. The van der Waals surface area contributed by atoms with Crippen LogP contribution in [0.25, 0.3) is 0 Å². The summed E-state index contributed by atoms with van der Waals surface area (Å²) in [6.07, 6.45) is 0.221. The lowest BCUT2D eigenvalue weighted by Gasteiger charge is -2.26. The van der Waals surface area contributed by atoms with Gasteiger partial charge in [-0.05, 0) is 31.4 Å². The zero-order valence-corrected chi connectivity index (χ0v) is 15.6. The number of esters is 2. The Hall–Kier alpha value is -2.86. The number of hydrogen-bond acceptors (Lipinski definition) is 6. The Kier molecular flexibility index (Phi) is 4.59. The lowest BCUT2D eigenvalue weighted by atomic mass is 9.80. The molecule has 2 atom stereocenters. The van der Waals surface area contributed by atoms with Gasteiger partial charge in [0.2, 0.25) is 0 Å². The molecule has 2 aromatic rings. The van der Waals surface area contributed by atoms with E-state index in [9.17, 15) is 14.7 Å². The van der Waals surface area contributed by atoms with E-state index in [1.165, 1.54) is 0 Å². The van der Waals surface area contributed by atoms with Gasteiger partial charge in [0.05, 0.1) is 12.0 Å². The highest BCUT2D eigenvalue weighted by Crippen LogP contribution is 2.68. The predicted octanol–water partition coefficient (Wildman–Crippen LogP) is 2.94. The Morgan fingerprint density at radius 1 is 1.14 bits per heavy atom. The van der Waals surface area contributed by atoms with Crippen molar-refractivity contribution in [2.75, 3.05) is 6.61 Å². The maximum atomic E-state index is 12.5. The van der Waals surface area contributed by atoms with Crippen molar-refractivity contribution in [2.45, 2.75) is 38.1 Å². The van der Waals surface area contributed by atoms with Crippen LogP contribution >= 0.6 is 0 Å². The van der Waals surface area contributed by atoms with Crippen LogP contribution in [0, 0.1) is 5.41 Å². The molecular weight excluding hydrogens is 360 g/mol. The van der Waals surface area contributed by atoms with Crippen LogP contribution in [-0.2, 0) is 25.7 Å². The third-order valence-corrected chi connectivity index (χ3v) is 5.54. The van der Waals surface area contributed by atoms with Gasteiger partial charge in [-0.2, -0.15) is 0 Å². The molecule has 0 radical (unpaired) electrons. The van der Waals surface area contributed by atoms with E-state index < -0.39 is 29.1 Å². The fraction of sp³-hybridized carbons (Fsp3) is 0.364. The second kappa shape index (κ2) is 6.95. The van der Waals surface area contributed by atoms with Gasteiger partial charge in [-0.25, -0.2) is 9.59 Å². The highest BCUT2D eigenvalue weighted by molar-refractivity contribution is 6.06. The Labute approximate surface area is 163 Å². The van der Waals surface area contributed by atoms with E-state index in [0.29, 0.717) is 30.8 Å². The van der Waals surface area contributed by atoms with Crippen molar-refractivity contribution in [3.63, 3.8) is 0 Å². The van der Waals surface area contributed by atoms with E-state index in [-0.39, 0.29) is 6.61 Å². The summed E-state index contributed by atoms with van der Waals surface area (Å²) in [5.74, 6) is -1.34. The van der Waals surface area contributed by atoms with Crippen LogP contribution in [0.5, 0.6) is 5.75 Å². The number of carbonyl (C=O) groups is 2. The Balaban J connectivity index is 1.63. The molecule has 1 saturated heterocycles. The molecule has 1 saturated carbocycles. The average molecular weight is 382 g/mol. The number of benzene rings is 2. The summed E-state index contributed by atoms with van der Waals surface area (Å²) in [7, 11) is 0. The number of ether oxygens (including phenoxy) is 3. The molecule has 6 heteroatoms. The summed E-state index contributed by atoms with van der Waals surface area (Å²) in [6, 6.07) is 17.0. The highest BCUT2D eigenvalue weighted by Gasteiger charge is 2.78. The van der Waals surface area contributed by atoms with Crippen LogP contribution < -0.4 is 4.74 Å². The molecule has 2 aromatic carbocycles. The van der Waals surface area contributed by atoms with Gasteiger partial charge in [0.1, 0.15) is 18.5 Å². The fourth-order valence-corrected chi connectivity index (χ4v) is 3.90. The molecule has 1 aliphatic heterocycles. The van der Waals surface area contributed by atoms with Crippen LogP contribution in [0.2, 0.25) is 0 Å². The third-order valence-electron chi connectivity index (χ3n) is 5.54. The number of cyclic esters (lactones) is 1. The van der Waals surface area contributed by atoms with Gasteiger partial charge in [0.15, 0.2) is 0 Å². The third kappa shape index (κ3) is 2.76. The topological polar surface area (TPSA) is 82.1 Å². The zero-order chi connectivity index (χ0) is 19.8. The molecule has 2 aliphatic rings. The molecule has 146 valence electrons. The van der Waals surface area contributed by atoms with E-state index in [4.69, 9.17) is 14.2 Å². The summed E-state index contributed by atoms with van der Waals surface area (Å²) in [5.41, 5.74) is -1.64. The first-order valence-electron chi connectivity index (χ1n) is 9.39. The van der Waals surface area contributed by atoms with Crippen molar-refractivity contribution in [3.05, 3.63) is 65.7 Å². The van der Waals surface area contributed by atoms with Gasteiger partial charge in [-0.3, -0.25) is 0 Å². The van der Waals surface area contributed by atoms with E-state index in [0.717, 1.165) is 5.56 Å². The van der Waals surface area contributed by atoms with Gasteiger partial charge in [-0.15, -0.1) is 0 Å². The highest BCUT2D eigenvalue weighted by atomic mass is 16.6. The maximum absolute atomic E-state index is 12.5. The number of aliphatic hydroxyl groups is 1. The van der Waals surface area contributed by atoms with Crippen molar-refractivity contribution < 1.29 is 28.9 Å². The van der Waals surface area contributed by atoms with Gasteiger partial charge in [0.25, 0.3) is 5.60 Å². The smallest absolute Gasteiger partial charge is 0.351 e. The second-order valence-corrected chi connectivity index (χ2v) is 7.18. The van der Waals surface area contributed by atoms with Gasteiger partial charge < -0.3 is 19.3 Å². The van der Waals surface area contributed by atoms with Crippen LogP contribution in [0.4, 0.5) is 0 Å². The molecule has 1 heterocycles. The van der Waals surface area contributed by atoms with Gasteiger partial charge in [-0.1, -0.05) is 48.5 Å². The molecule has 4 rings (SSSR count). The van der Waals surface area contributed by atoms with Crippen LogP contribution in [0.1, 0.15) is 37.0 Å². The number of para-hydroxylation sites is 1. The summed E-state index contributed by atoms with van der Waals surface area (Å²) < 4.78 is 16.5. The van der Waals surface area contributed by atoms with E-state index in [1.54, 1.807) is 19.1 Å². The van der Waals surface area contributed by atoms with Gasteiger partial charge >= 0.3 is 11.9 Å². The molecule has 0 amide bonds. The number of carbonyl (C=O) groups excluding carboxylic acids is 2. The first-order valence-corrected chi connectivity index (χ1v) is 9.39. The summed E-state index contributed by atoms with van der Waals surface area (Å²) in [5, 5.41) is 11.0. The molecule has 1 spiro atoms. The molecule has 1 aliphatic carbocycles. The lowest BCUT2D eigenvalue weighted by Crippen LogP contribution is -2.51. The van der Waals surface area contributed by atoms with Crippen molar-refractivity contribution in [1.29, 1.82) is 0 Å². The molecule has 6 nitrogen and oxygen atoms in total. The second-order valence-electron chi connectivity index (χ2n) is 7.18. The molecular formula is C22H22O6. The Morgan fingerprint density at radius 3 is 2.50 bits per heavy atom. The van der Waals surface area contributed by atoms with Crippen molar-refractivity contribution in [3.8, 4) is 5.75 Å². The van der Waals surface area contributed by atoms with E-state index in [2.05, 4.69) is 0 Å². The molecule has 0 unspecified atom stereocenters. The monoisotopic (exact) mass is 382 g/mol. The first-order chi connectivity index (χ1) is 13.5. The normalized spacial score (nSPS) is 24.6. The predicted molar refractivity (Wildman–Crippen MR) is 99.3 cm³/mol. The standard InChI is InChI=1S/C22H22O6/c1-2-26-19(23)22(25)20(24)28-18(21(22)12-13-21)16-10-6-7-11-17(16)27-14-15-8-4-3-5-9-15/h3-11,18,25H,2,12-14H2,1H3/t18-,22-/m0/s1. The van der Waals surface area contributed by atoms with Gasteiger partial charge in [0, 0.05) is 5.56 Å². The first kappa shape index (κ1) is 18.5. The van der Waals surface area contributed by atoms with Crippen LogP contribution in [-0.4, -0.2) is 29.3 Å². The summed E-state index contributed by atoms with van der Waals surface area (Å²) in [6.45, 7) is 2.06. The summed E-state index contributed by atoms with van der Waals surface area (Å²) >= 11 is 0. The number of rotatable bonds is 6. The molecule has 0 aromatic heterocycles. The molecule has 28 heavy (non-hydrogen) atoms. The van der Waals surface area contributed by atoms with Crippen LogP contribution in [0.3, 0.4) is 0 Å². The van der Waals surface area contributed by atoms with E-state index in [1.807, 2.05) is 42.5 Å². The Bertz CT molecular complexity index is 889. The lowest BCUT2D eigenvalue weighted by molar-refractivity contribution is -0.178. The minimum Gasteiger partial charge on any atom is -0.488 e. The molecule has 2 fully saturated rings. The van der Waals surface area contributed by atoms with Crippen molar-refractivity contribution in [2.24, 2.45) is 5.41 Å². The maximum Gasteiger partial charge on any atom is 0.351 e. The van der Waals surface area contributed by atoms with E-state index >= 15 is 0 Å².